The van der Waals surface area contributed by atoms with Crippen LogP contribution < -0.4 is 5.56 Å². The fourth-order valence-corrected chi connectivity index (χ4v) is 1.27. The van der Waals surface area contributed by atoms with E-state index in [4.69, 9.17) is 4.74 Å². The number of hydrogen-bond acceptors (Lipinski definition) is 3. The number of nitrogens with one attached hydrogen (secondary N) is 1. The highest BCUT2D eigenvalue weighted by Crippen LogP contribution is 2.24. The van der Waals surface area contributed by atoms with Crippen LogP contribution in [0.3, 0.4) is 0 Å². The monoisotopic (exact) mass is 152 g/mol. The molecule has 1 unspecified atom stereocenters. The van der Waals surface area contributed by atoms with Gasteiger partial charge in [0.2, 0.25) is 0 Å². The molecule has 1 aromatic rings. The van der Waals surface area contributed by atoms with Crippen molar-refractivity contribution in [2.45, 2.75) is 19.6 Å². The van der Waals surface area contributed by atoms with Gasteiger partial charge in [-0.1, -0.05) is 0 Å². The average Bonchev–Trinajstić information content (AvgIpc) is 2.34. The molecule has 1 aromatic heterocycles. The summed E-state index contributed by atoms with van der Waals surface area (Å²) in [6, 6.07) is 0. The maximum absolute atomic E-state index is 11.1. The molecule has 0 saturated heterocycles. The minimum Gasteiger partial charge on any atom is -0.367 e. The van der Waals surface area contributed by atoms with Crippen LogP contribution in [0, 0.1) is 0 Å². The van der Waals surface area contributed by atoms with Gasteiger partial charge in [0.1, 0.15) is 0 Å². The predicted molar refractivity (Wildman–Crippen MR) is 38.1 cm³/mol. The van der Waals surface area contributed by atoms with Gasteiger partial charge in [-0.15, -0.1) is 0 Å². The molecule has 0 bridgehead atoms. The summed E-state index contributed by atoms with van der Waals surface area (Å²) in [7, 11) is 0. The molecule has 4 nitrogen and oxygen atoms in total. The average molecular weight is 152 g/mol. The molecule has 0 saturated carbocycles. The van der Waals surface area contributed by atoms with Crippen LogP contribution in [-0.2, 0) is 11.3 Å². The molecule has 0 aliphatic carbocycles. The van der Waals surface area contributed by atoms with Gasteiger partial charge in [0, 0.05) is 0 Å². The van der Waals surface area contributed by atoms with E-state index in [0.717, 1.165) is 5.69 Å². The Morgan fingerprint density at radius 1 is 1.82 bits per heavy atom. The molecule has 0 aromatic carbocycles. The second-order valence-corrected chi connectivity index (χ2v) is 2.55. The highest BCUT2D eigenvalue weighted by atomic mass is 16.5. The van der Waals surface area contributed by atoms with Crippen molar-refractivity contribution in [2.24, 2.45) is 0 Å². The molecule has 4 heteroatoms. The van der Waals surface area contributed by atoms with Crippen molar-refractivity contribution < 1.29 is 4.74 Å². The molecule has 1 N–H and O–H groups in total. The molecule has 2 rings (SSSR count). The van der Waals surface area contributed by atoms with E-state index in [1.807, 2.05) is 6.92 Å². The van der Waals surface area contributed by atoms with Gasteiger partial charge in [-0.2, -0.15) is 0 Å². The number of aromatic nitrogens is 2. The van der Waals surface area contributed by atoms with Gasteiger partial charge in [0.25, 0.3) is 5.56 Å². The van der Waals surface area contributed by atoms with Crippen molar-refractivity contribution in [3.63, 3.8) is 0 Å². The molecule has 1 aliphatic heterocycles. The number of H-pyrrole nitrogens is 1. The lowest BCUT2D eigenvalue weighted by molar-refractivity contribution is 0.0782. The fraction of sp³-hybridized carbons (Fsp3) is 0.429. The summed E-state index contributed by atoms with van der Waals surface area (Å²) in [5.74, 6) is 0. The van der Waals surface area contributed by atoms with Crippen LogP contribution in [0.2, 0.25) is 0 Å². The topological polar surface area (TPSA) is 55.0 Å². The third kappa shape index (κ3) is 0.867. The van der Waals surface area contributed by atoms with Crippen molar-refractivity contribution in [2.75, 3.05) is 0 Å². The lowest BCUT2D eigenvalue weighted by Crippen LogP contribution is -2.14. The lowest BCUT2D eigenvalue weighted by Gasteiger charge is -1.98. The summed E-state index contributed by atoms with van der Waals surface area (Å²) < 4.78 is 5.22. The number of fused-ring (bicyclic) bond motifs is 1. The SMILES string of the molecule is CC1OCc2nc[nH]c(=O)c21. The van der Waals surface area contributed by atoms with E-state index in [1.54, 1.807) is 0 Å². The molecule has 0 spiro atoms. The molecular formula is C7H8N2O2. The van der Waals surface area contributed by atoms with Crippen LogP contribution in [0.1, 0.15) is 24.3 Å². The third-order valence-electron chi connectivity index (χ3n) is 1.85. The first kappa shape index (κ1) is 6.54. The second kappa shape index (κ2) is 2.17. The normalized spacial score (nSPS) is 21.7. The predicted octanol–water partition coefficient (Wildman–Crippen LogP) is 0.361. The lowest BCUT2D eigenvalue weighted by atomic mass is 10.2. The summed E-state index contributed by atoms with van der Waals surface area (Å²) in [6.45, 7) is 2.31. The van der Waals surface area contributed by atoms with E-state index in [-0.39, 0.29) is 11.7 Å². The van der Waals surface area contributed by atoms with E-state index in [2.05, 4.69) is 9.97 Å². The zero-order chi connectivity index (χ0) is 7.84. The number of ether oxygens (including phenoxy) is 1. The Morgan fingerprint density at radius 3 is 3.36 bits per heavy atom. The second-order valence-electron chi connectivity index (χ2n) is 2.55. The van der Waals surface area contributed by atoms with Gasteiger partial charge < -0.3 is 9.72 Å². The summed E-state index contributed by atoms with van der Waals surface area (Å²) in [6.07, 6.45) is 1.30. The molecule has 1 aliphatic rings. The molecule has 11 heavy (non-hydrogen) atoms. The third-order valence-corrected chi connectivity index (χ3v) is 1.85. The van der Waals surface area contributed by atoms with E-state index in [9.17, 15) is 4.79 Å². The van der Waals surface area contributed by atoms with Gasteiger partial charge in [-0.25, -0.2) is 4.98 Å². The smallest absolute Gasteiger partial charge is 0.256 e. The van der Waals surface area contributed by atoms with E-state index < -0.39 is 0 Å². The number of nitrogens with zero attached hydrogens (tertiary/aromatic N) is 1. The molecule has 0 amide bonds. The first-order chi connectivity index (χ1) is 5.29. The molecule has 58 valence electrons. The van der Waals surface area contributed by atoms with Gasteiger partial charge in [0.05, 0.1) is 30.3 Å². The summed E-state index contributed by atoms with van der Waals surface area (Å²) >= 11 is 0. The standard InChI is InChI=1S/C7H8N2O2/c1-4-6-5(2-11-4)8-3-9-7(6)10/h3-4H,2H2,1H3,(H,8,9,10). The zero-order valence-corrected chi connectivity index (χ0v) is 6.13. The molecular weight excluding hydrogens is 144 g/mol. The maximum atomic E-state index is 11.1. The van der Waals surface area contributed by atoms with Gasteiger partial charge in [0.15, 0.2) is 0 Å². The maximum Gasteiger partial charge on any atom is 0.256 e. The minimum atomic E-state index is -0.109. The number of aromatic amines is 1. The minimum absolute atomic E-state index is 0.0833. The summed E-state index contributed by atoms with van der Waals surface area (Å²) in [4.78, 5) is 17.7. The van der Waals surface area contributed by atoms with Crippen molar-refractivity contribution in [1.82, 2.24) is 9.97 Å². The van der Waals surface area contributed by atoms with Crippen LogP contribution in [0.5, 0.6) is 0 Å². The zero-order valence-electron chi connectivity index (χ0n) is 6.13. The first-order valence-corrected chi connectivity index (χ1v) is 3.47. The largest absolute Gasteiger partial charge is 0.367 e. The van der Waals surface area contributed by atoms with Crippen molar-refractivity contribution in [1.29, 1.82) is 0 Å². The highest BCUT2D eigenvalue weighted by Gasteiger charge is 2.22. The van der Waals surface area contributed by atoms with Crippen LogP contribution in [0.4, 0.5) is 0 Å². The highest BCUT2D eigenvalue weighted by molar-refractivity contribution is 5.21. The molecule has 1 atom stereocenters. The number of rotatable bonds is 0. The molecule has 0 fully saturated rings. The Balaban J connectivity index is 2.68. The van der Waals surface area contributed by atoms with Crippen LogP contribution in [0.25, 0.3) is 0 Å². The van der Waals surface area contributed by atoms with Gasteiger partial charge >= 0.3 is 0 Å². The Labute approximate surface area is 63.2 Å². The Hall–Kier alpha value is -1.16. The first-order valence-electron chi connectivity index (χ1n) is 3.47. The molecule has 0 radical (unpaired) electrons. The van der Waals surface area contributed by atoms with Crippen LogP contribution in [-0.4, -0.2) is 9.97 Å². The fourth-order valence-electron chi connectivity index (χ4n) is 1.27. The quantitative estimate of drug-likeness (QED) is 0.584. The number of hydrogen-bond donors (Lipinski definition) is 1. The van der Waals surface area contributed by atoms with Crippen LogP contribution in [0.15, 0.2) is 11.1 Å². The van der Waals surface area contributed by atoms with Crippen LogP contribution >= 0.6 is 0 Å². The summed E-state index contributed by atoms with van der Waals surface area (Å²) in [5, 5.41) is 0. The van der Waals surface area contributed by atoms with Gasteiger partial charge in [-0.05, 0) is 6.92 Å². The Morgan fingerprint density at radius 2 is 2.64 bits per heavy atom. The molecule has 2 heterocycles. The summed E-state index contributed by atoms with van der Waals surface area (Å²) in [5.41, 5.74) is 1.36. The van der Waals surface area contributed by atoms with E-state index >= 15 is 0 Å². The van der Waals surface area contributed by atoms with E-state index in [1.165, 1.54) is 6.33 Å². The van der Waals surface area contributed by atoms with E-state index in [0.29, 0.717) is 12.2 Å². The Kier molecular flexibility index (Phi) is 1.29. The van der Waals surface area contributed by atoms with Gasteiger partial charge in [-0.3, -0.25) is 4.79 Å². The van der Waals surface area contributed by atoms with Crippen molar-refractivity contribution in [3.05, 3.63) is 27.9 Å². The van der Waals surface area contributed by atoms with Crippen molar-refractivity contribution >= 4 is 0 Å². The van der Waals surface area contributed by atoms with Crippen molar-refractivity contribution in [3.8, 4) is 0 Å². The Bertz CT molecular complexity index is 331.